The molecule has 0 aromatic heterocycles. The Bertz CT molecular complexity index is 281. The van der Waals surface area contributed by atoms with E-state index in [9.17, 15) is 0 Å². The van der Waals surface area contributed by atoms with Crippen LogP contribution >= 0.6 is 0 Å². The van der Waals surface area contributed by atoms with Gasteiger partial charge in [-0.1, -0.05) is 30.3 Å². The quantitative estimate of drug-likeness (QED) is 0.535. The Morgan fingerprint density at radius 2 is 2.00 bits per heavy atom. The van der Waals surface area contributed by atoms with Crippen LogP contribution in [0.25, 0.3) is 0 Å². The lowest BCUT2D eigenvalue weighted by molar-refractivity contribution is 1.13. The van der Waals surface area contributed by atoms with Gasteiger partial charge in [-0.2, -0.15) is 0 Å². The fourth-order valence-corrected chi connectivity index (χ4v) is 0.901. The summed E-state index contributed by atoms with van der Waals surface area (Å²) in [5.41, 5.74) is 0.947. The number of rotatable bonds is 1. The lowest BCUT2D eigenvalue weighted by atomic mass is 10.1. The molecule has 0 radical (unpaired) electrons. The normalized spacial score (nSPS) is 42.4. The van der Waals surface area contributed by atoms with Crippen molar-refractivity contribution in [3.8, 4) is 0 Å². The fourth-order valence-electron chi connectivity index (χ4n) is 0.901. The van der Waals surface area contributed by atoms with Crippen LogP contribution in [0.5, 0.6) is 0 Å². The molecule has 1 fully saturated rings. The summed E-state index contributed by atoms with van der Waals surface area (Å²) in [7, 11) is 0. The average Bonchev–Trinajstić information content (AvgIpc) is 2.53. The number of hydrogen-bond donors (Lipinski definition) is 0. The minimum Gasteiger partial charge on any atom is -0.0622 e. The van der Waals surface area contributed by atoms with E-state index >= 15 is 0 Å². The van der Waals surface area contributed by atoms with E-state index in [1.807, 2.05) is 30.3 Å². The molecule has 0 N–H and O–H groups in total. The predicted molar refractivity (Wildman–Crippen MR) is 38.4 cm³/mol. The molecule has 46 valence electrons. The molecule has 0 amide bonds. The Hall–Kier alpha value is -0.780. The van der Waals surface area contributed by atoms with Gasteiger partial charge in [0.2, 0.25) is 0 Å². The summed E-state index contributed by atoms with van der Waals surface area (Å²) >= 11 is 0. The Kier molecular flexibility index (Phi) is 0.596. The molecule has 0 bridgehead atoms. The standard InChI is InChI=1S/C9H10/c1-2-4-8(5-3-1)9-6-7-9/h1-5,9H,6-7H2/i6D,7D2/t6-,9?/m1/s1. The second kappa shape index (κ2) is 1.87. The summed E-state index contributed by atoms with van der Waals surface area (Å²) in [6.07, 6.45) is -1.87. The van der Waals surface area contributed by atoms with Crippen LogP contribution in [0.3, 0.4) is 0 Å². The van der Waals surface area contributed by atoms with E-state index in [0.717, 1.165) is 5.56 Å². The van der Waals surface area contributed by atoms with Gasteiger partial charge in [-0.25, -0.2) is 0 Å². The molecule has 2 atom stereocenters. The highest BCUT2D eigenvalue weighted by Gasteiger charge is 2.22. The van der Waals surface area contributed by atoms with Crippen molar-refractivity contribution in [1.82, 2.24) is 0 Å². The summed E-state index contributed by atoms with van der Waals surface area (Å²) in [5.74, 6) is -0.210. The first kappa shape index (κ1) is 2.87. The van der Waals surface area contributed by atoms with Crippen molar-refractivity contribution in [2.45, 2.75) is 18.7 Å². The zero-order valence-electron chi connectivity index (χ0n) is 8.04. The maximum Gasteiger partial charge on any atom is 0.0273 e. The molecule has 0 heterocycles. The zero-order valence-corrected chi connectivity index (χ0v) is 5.04. The molecule has 1 aromatic rings. The van der Waals surface area contributed by atoms with Crippen LogP contribution in [-0.2, 0) is 0 Å². The first-order chi connectivity index (χ1) is 5.64. The minimum atomic E-state index is -1.30. The van der Waals surface area contributed by atoms with Gasteiger partial charge in [-0.15, -0.1) is 0 Å². The highest BCUT2D eigenvalue weighted by atomic mass is 14.3. The second-order valence-corrected chi connectivity index (χ2v) is 2.22. The van der Waals surface area contributed by atoms with Crippen molar-refractivity contribution in [1.29, 1.82) is 0 Å². The van der Waals surface area contributed by atoms with Crippen molar-refractivity contribution in [3.05, 3.63) is 35.9 Å². The lowest BCUT2D eigenvalue weighted by Crippen LogP contribution is -1.73. The summed E-state index contributed by atoms with van der Waals surface area (Å²) in [5, 5.41) is 0. The summed E-state index contributed by atoms with van der Waals surface area (Å²) in [6, 6.07) is 9.45. The lowest BCUT2D eigenvalue weighted by Gasteiger charge is -1.92. The molecule has 1 aliphatic rings. The molecular formula is C9H10. The molecule has 0 heteroatoms. The van der Waals surface area contributed by atoms with Crippen LogP contribution < -0.4 is 0 Å². The van der Waals surface area contributed by atoms with E-state index < -0.39 is 12.8 Å². The zero-order chi connectivity index (χ0) is 8.77. The van der Waals surface area contributed by atoms with Crippen LogP contribution in [0.15, 0.2) is 30.3 Å². The van der Waals surface area contributed by atoms with Crippen LogP contribution in [0, 0.1) is 0 Å². The molecule has 0 saturated heterocycles. The van der Waals surface area contributed by atoms with Gasteiger partial charge in [-0.05, 0) is 24.3 Å². The maximum atomic E-state index is 7.43. The van der Waals surface area contributed by atoms with Gasteiger partial charge in [0.25, 0.3) is 0 Å². The largest absolute Gasteiger partial charge is 0.0622 e. The topological polar surface area (TPSA) is 0 Å². The monoisotopic (exact) mass is 121 g/mol. The molecule has 9 heavy (non-hydrogen) atoms. The summed E-state index contributed by atoms with van der Waals surface area (Å²) in [6.45, 7) is 0. The number of benzene rings is 1. The smallest absolute Gasteiger partial charge is 0.0273 e. The predicted octanol–water partition coefficient (Wildman–Crippen LogP) is 2.56. The van der Waals surface area contributed by atoms with E-state index in [0.29, 0.717) is 0 Å². The van der Waals surface area contributed by atoms with Gasteiger partial charge in [0, 0.05) is 4.11 Å². The van der Waals surface area contributed by atoms with Crippen molar-refractivity contribution in [2.24, 2.45) is 0 Å². The van der Waals surface area contributed by atoms with Crippen molar-refractivity contribution < 1.29 is 4.11 Å². The molecule has 2 rings (SSSR count). The number of hydrogen-bond acceptors (Lipinski definition) is 0. The van der Waals surface area contributed by atoms with Gasteiger partial charge < -0.3 is 0 Å². The molecule has 1 saturated carbocycles. The van der Waals surface area contributed by atoms with Crippen LogP contribution in [-0.4, -0.2) is 0 Å². The van der Waals surface area contributed by atoms with E-state index in [2.05, 4.69) is 0 Å². The van der Waals surface area contributed by atoms with E-state index in [4.69, 9.17) is 4.11 Å². The molecule has 1 aromatic carbocycles. The van der Waals surface area contributed by atoms with Crippen molar-refractivity contribution >= 4 is 0 Å². The van der Waals surface area contributed by atoms with Gasteiger partial charge in [-0.3, -0.25) is 0 Å². The van der Waals surface area contributed by atoms with Gasteiger partial charge in [0.1, 0.15) is 0 Å². The van der Waals surface area contributed by atoms with Crippen LogP contribution in [0.1, 0.15) is 28.4 Å². The Labute approximate surface area is 59.7 Å². The molecule has 1 unspecified atom stereocenters. The van der Waals surface area contributed by atoms with Gasteiger partial charge in [0.05, 0.1) is 0 Å². The molecular weight excluding hydrogens is 108 g/mol. The highest BCUT2D eigenvalue weighted by molar-refractivity contribution is 5.22. The minimum absolute atomic E-state index is 0.210. The summed E-state index contributed by atoms with van der Waals surface area (Å²) < 4.78 is 22.3. The van der Waals surface area contributed by atoms with Crippen LogP contribution in [0.2, 0.25) is 0 Å². The molecule has 0 nitrogen and oxygen atoms in total. The molecule has 0 spiro atoms. The van der Waals surface area contributed by atoms with E-state index in [1.54, 1.807) is 0 Å². The van der Waals surface area contributed by atoms with Gasteiger partial charge in [0.15, 0.2) is 0 Å². The third-order valence-electron chi connectivity index (χ3n) is 1.49. The molecule has 0 aliphatic heterocycles. The Morgan fingerprint density at radius 1 is 1.33 bits per heavy atom. The summed E-state index contributed by atoms with van der Waals surface area (Å²) in [4.78, 5) is 0. The van der Waals surface area contributed by atoms with E-state index in [-0.39, 0.29) is 5.92 Å². The highest BCUT2D eigenvalue weighted by Crippen LogP contribution is 2.39. The third-order valence-corrected chi connectivity index (χ3v) is 1.49. The van der Waals surface area contributed by atoms with Crippen LogP contribution in [0.4, 0.5) is 0 Å². The first-order valence-corrected chi connectivity index (χ1v) is 3.11. The average molecular weight is 121 g/mol. The van der Waals surface area contributed by atoms with Crippen molar-refractivity contribution in [3.63, 3.8) is 0 Å². The first-order valence-electron chi connectivity index (χ1n) is 4.69. The van der Waals surface area contributed by atoms with Crippen molar-refractivity contribution in [2.75, 3.05) is 0 Å². The Balaban J connectivity index is 2.25. The maximum absolute atomic E-state index is 7.43. The third kappa shape index (κ3) is 0.973. The van der Waals surface area contributed by atoms with E-state index in [1.165, 1.54) is 0 Å². The molecule has 1 aliphatic carbocycles. The SMILES string of the molecule is [2H][C@H]1C(c2ccccc2)C1([2H])[2H]. The second-order valence-electron chi connectivity index (χ2n) is 2.22. The van der Waals surface area contributed by atoms with Gasteiger partial charge >= 0.3 is 0 Å². The Morgan fingerprint density at radius 3 is 2.56 bits per heavy atom. The fraction of sp³-hybridized carbons (Fsp3) is 0.333.